The Labute approximate surface area is 130 Å². The number of anilines is 1. The van der Waals surface area contributed by atoms with Gasteiger partial charge in [-0.05, 0) is 36.1 Å². The zero-order chi connectivity index (χ0) is 14.1. The number of aromatic nitrogens is 2. The number of fused-ring (bicyclic) bond motifs is 1. The fourth-order valence-electron chi connectivity index (χ4n) is 1.96. The van der Waals surface area contributed by atoms with Crippen LogP contribution in [0.5, 0.6) is 0 Å². The van der Waals surface area contributed by atoms with E-state index in [0.29, 0.717) is 10.0 Å². The van der Waals surface area contributed by atoms with Crippen molar-refractivity contribution in [3.8, 4) is 0 Å². The van der Waals surface area contributed by atoms with E-state index in [0.717, 1.165) is 21.6 Å². The molecule has 1 N–H and O–H groups in total. The van der Waals surface area contributed by atoms with Gasteiger partial charge < -0.3 is 5.32 Å². The number of hydrogen-bond acceptors (Lipinski definition) is 4. The standard InChI is InChI=1S/C14H11Cl2N3S/c1-8(9-2-3-10(15)11(16)6-9)19-14-13-12(4-5-20-13)17-7-18-14/h2-8H,1H3,(H,17,18,19). The van der Waals surface area contributed by atoms with Crippen LogP contribution >= 0.6 is 34.5 Å². The van der Waals surface area contributed by atoms with Crippen LogP contribution in [0.2, 0.25) is 10.0 Å². The summed E-state index contributed by atoms with van der Waals surface area (Å²) in [6, 6.07) is 7.69. The summed E-state index contributed by atoms with van der Waals surface area (Å²) in [7, 11) is 0. The first-order valence-electron chi connectivity index (χ1n) is 6.05. The topological polar surface area (TPSA) is 37.8 Å². The van der Waals surface area contributed by atoms with E-state index in [-0.39, 0.29) is 6.04 Å². The summed E-state index contributed by atoms with van der Waals surface area (Å²) in [5.41, 5.74) is 2.01. The Kier molecular flexibility index (Phi) is 3.78. The van der Waals surface area contributed by atoms with Crippen molar-refractivity contribution in [2.45, 2.75) is 13.0 Å². The lowest BCUT2D eigenvalue weighted by atomic mass is 10.1. The van der Waals surface area contributed by atoms with Crippen LogP contribution in [-0.2, 0) is 0 Å². The van der Waals surface area contributed by atoms with Gasteiger partial charge in [-0.3, -0.25) is 0 Å². The molecule has 20 heavy (non-hydrogen) atoms. The fourth-order valence-corrected chi connectivity index (χ4v) is 3.07. The third-order valence-corrected chi connectivity index (χ3v) is 4.69. The molecule has 3 aromatic rings. The molecule has 3 nitrogen and oxygen atoms in total. The average Bonchev–Trinajstić information content (AvgIpc) is 2.91. The van der Waals surface area contributed by atoms with E-state index in [2.05, 4.69) is 22.2 Å². The van der Waals surface area contributed by atoms with E-state index in [1.54, 1.807) is 23.7 Å². The Hall–Kier alpha value is -1.36. The largest absolute Gasteiger partial charge is 0.362 e. The predicted octanol–water partition coefficient (Wildman–Crippen LogP) is 5.17. The molecule has 3 rings (SSSR count). The maximum Gasteiger partial charge on any atom is 0.147 e. The number of hydrogen-bond donors (Lipinski definition) is 1. The summed E-state index contributed by atoms with van der Waals surface area (Å²) in [4.78, 5) is 8.54. The highest BCUT2D eigenvalue weighted by molar-refractivity contribution is 7.17. The summed E-state index contributed by atoms with van der Waals surface area (Å²) in [5, 5.41) is 6.52. The highest BCUT2D eigenvalue weighted by atomic mass is 35.5. The van der Waals surface area contributed by atoms with Crippen LogP contribution < -0.4 is 5.32 Å². The van der Waals surface area contributed by atoms with Gasteiger partial charge >= 0.3 is 0 Å². The number of thiophene rings is 1. The Morgan fingerprint density at radius 1 is 1.15 bits per heavy atom. The molecular formula is C14H11Cl2N3S. The number of halogens is 2. The Balaban J connectivity index is 1.90. The van der Waals surface area contributed by atoms with Gasteiger partial charge in [0, 0.05) is 0 Å². The van der Waals surface area contributed by atoms with Crippen molar-refractivity contribution < 1.29 is 0 Å². The minimum absolute atomic E-state index is 0.0740. The molecule has 2 heterocycles. The first kappa shape index (κ1) is 13.6. The van der Waals surface area contributed by atoms with Crippen LogP contribution in [0.4, 0.5) is 5.82 Å². The van der Waals surface area contributed by atoms with E-state index < -0.39 is 0 Å². The van der Waals surface area contributed by atoms with Crippen molar-refractivity contribution in [2.24, 2.45) is 0 Å². The minimum atomic E-state index is 0.0740. The van der Waals surface area contributed by atoms with E-state index in [4.69, 9.17) is 23.2 Å². The van der Waals surface area contributed by atoms with Gasteiger partial charge in [0.15, 0.2) is 0 Å². The van der Waals surface area contributed by atoms with Crippen molar-refractivity contribution in [3.63, 3.8) is 0 Å². The Morgan fingerprint density at radius 3 is 2.80 bits per heavy atom. The maximum atomic E-state index is 6.06. The second kappa shape index (κ2) is 5.56. The summed E-state index contributed by atoms with van der Waals surface area (Å²) < 4.78 is 1.06. The van der Waals surface area contributed by atoms with Crippen LogP contribution in [0, 0.1) is 0 Å². The van der Waals surface area contributed by atoms with Crippen LogP contribution in [0.1, 0.15) is 18.5 Å². The fraction of sp³-hybridized carbons (Fsp3) is 0.143. The molecule has 0 aliphatic rings. The molecule has 0 aliphatic heterocycles. The lowest BCUT2D eigenvalue weighted by molar-refractivity contribution is 0.876. The predicted molar refractivity (Wildman–Crippen MR) is 85.9 cm³/mol. The van der Waals surface area contributed by atoms with Crippen LogP contribution in [0.25, 0.3) is 10.2 Å². The summed E-state index contributed by atoms with van der Waals surface area (Å²) in [6.07, 6.45) is 1.57. The van der Waals surface area contributed by atoms with Crippen LogP contribution in [0.15, 0.2) is 36.0 Å². The Morgan fingerprint density at radius 2 is 2.00 bits per heavy atom. The molecule has 0 amide bonds. The molecule has 0 saturated heterocycles. The number of benzene rings is 1. The minimum Gasteiger partial charge on any atom is -0.362 e. The Bertz CT molecular complexity index is 757. The van der Waals surface area contributed by atoms with Crippen molar-refractivity contribution in [2.75, 3.05) is 5.32 Å². The van der Waals surface area contributed by atoms with Gasteiger partial charge in [-0.25, -0.2) is 9.97 Å². The maximum absolute atomic E-state index is 6.06. The molecule has 0 saturated carbocycles. The molecular weight excluding hydrogens is 313 g/mol. The van der Waals surface area contributed by atoms with Gasteiger partial charge in [-0.1, -0.05) is 29.3 Å². The molecule has 1 atom stereocenters. The molecule has 1 unspecified atom stereocenters. The van der Waals surface area contributed by atoms with E-state index >= 15 is 0 Å². The normalized spacial score (nSPS) is 12.6. The first-order chi connectivity index (χ1) is 9.65. The molecule has 2 aromatic heterocycles. The zero-order valence-electron chi connectivity index (χ0n) is 10.6. The smallest absolute Gasteiger partial charge is 0.147 e. The van der Waals surface area contributed by atoms with Gasteiger partial charge in [0.05, 0.1) is 26.3 Å². The van der Waals surface area contributed by atoms with Gasteiger partial charge in [-0.15, -0.1) is 11.3 Å². The third-order valence-electron chi connectivity index (χ3n) is 3.04. The third kappa shape index (κ3) is 2.59. The summed E-state index contributed by atoms with van der Waals surface area (Å²) in [5.74, 6) is 0.837. The van der Waals surface area contributed by atoms with Crippen molar-refractivity contribution in [3.05, 3.63) is 51.6 Å². The van der Waals surface area contributed by atoms with E-state index in [1.165, 1.54) is 0 Å². The molecule has 0 bridgehead atoms. The number of nitrogens with zero attached hydrogens (tertiary/aromatic N) is 2. The van der Waals surface area contributed by atoms with Crippen LogP contribution in [0.3, 0.4) is 0 Å². The van der Waals surface area contributed by atoms with E-state index in [9.17, 15) is 0 Å². The number of rotatable bonds is 3. The highest BCUT2D eigenvalue weighted by Crippen LogP contribution is 2.30. The summed E-state index contributed by atoms with van der Waals surface area (Å²) >= 11 is 13.6. The quantitative estimate of drug-likeness (QED) is 0.722. The molecule has 0 fully saturated rings. The molecule has 102 valence electrons. The van der Waals surface area contributed by atoms with Gasteiger partial charge in [0.2, 0.25) is 0 Å². The van der Waals surface area contributed by atoms with Gasteiger partial charge in [0.1, 0.15) is 12.1 Å². The lowest BCUT2D eigenvalue weighted by Gasteiger charge is -2.15. The molecule has 0 aliphatic carbocycles. The second-order valence-corrected chi connectivity index (χ2v) is 6.13. The number of nitrogens with one attached hydrogen (secondary N) is 1. The van der Waals surface area contributed by atoms with E-state index in [1.807, 2.05) is 23.6 Å². The average molecular weight is 324 g/mol. The first-order valence-corrected chi connectivity index (χ1v) is 7.68. The van der Waals surface area contributed by atoms with Crippen LogP contribution in [-0.4, -0.2) is 9.97 Å². The molecule has 6 heteroatoms. The lowest BCUT2D eigenvalue weighted by Crippen LogP contribution is -2.08. The molecule has 0 radical (unpaired) electrons. The zero-order valence-corrected chi connectivity index (χ0v) is 12.9. The van der Waals surface area contributed by atoms with Crippen molar-refractivity contribution in [1.82, 2.24) is 9.97 Å². The monoisotopic (exact) mass is 323 g/mol. The van der Waals surface area contributed by atoms with Gasteiger partial charge in [0.25, 0.3) is 0 Å². The SMILES string of the molecule is CC(Nc1ncnc2ccsc12)c1ccc(Cl)c(Cl)c1. The van der Waals surface area contributed by atoms with Gasteiger partial charge in [-0.2, -0.15) is 0 Å². The summed E-state index contributed by atoms with van der Waals surface area (Å²) in [6.45, 7) is 2.06. The molecule has 0 spiro atoms. The molecule has 1 aromatic carbocycles. The highest BCUT2D eigenvalue weighted by Gasteiger charge is 2.11. The van der Waals surface area contributed by atoms with Crippen molar-refractivity contribution >= 4 is 50.6 Å². The van der Waals surface area contributed by atoms with Crippen molar-refractivity contribution in [1.29, 1.82) is 0 Å². The second-order valence-electron chi connectivity index (χ2n) is 4.40.